The lowest BCUT2D eigenvalue weighted by Crippen LogP contribution is -2.35. The SMILES string of the molecule is COC(=O)c1ccc(/C=c2\c(=O)oc3n2-c2oc(N)nc2C(c2ccc(C(=O)OC)cc2)C=3C#N)cc1. The first-order chi connectivity index (χ1) is 17.9. The quantitative estimate of drug-likeness (QED) is 0.405. The van der Waals surface area contributed by atoms with Gasteiger partial charge >= 0.3 is 17.6 Å². The van der Waals surface area contributed by atoms with Gasteiger partial charge in [0.2, 0.25) is 11.4 Å². The fourth-order valence-electron chi connectivity index (χ4n) is 4.19. The predicted molar refractivity (Wildman–Crippen MR) is 128 cm³/mol. The maximum Gasteiger partial charge on any atom is 0.362 e. The molecule has 0 spiro atoms. The Morgan fingerprint density at radius 2 is 1.62 bits per heavy atom. The summed E-state index contributed by atoms with van der Waals surface area (Å²) < 4.78 is 22.0. The van der Waals surface area contributed by atoms with Gasteiger partial charge in [0.1, 0.15) is 22.7 Å². The molecule has 1 unspecified atom stereocenters. The molecule has 2 aromatic heterocycles. The van der Waals surface area contributed by atoms with Crippen molar-refractivity contribution in [1.82, 2.24) is 9.55 Å². The van der Waals surface area contributed by atoms with Crippen molar-refractivity contribution in [3.05, 3.63) is 97.8 Å². The predicted octanol–water partition coefficient (Wildman–Crippen LogP) is 1.22. The van der Waals surface area contributed by atoms with E-state index in [2.05, 4.69) is 11.1 Å². The summed E-state index contributed by atoms with van der Waals surface area (Å²) >= 11 is 0. The number of methoxy groups -OCH3 is 2. The Hall–Kier alpha value is -5.37. The van der Waals surface area contributed by atoms with Gasteiger partial charge in [-0.3, -0.25) is 0 Å². The number of esters is 2. The monoisotopic (exact) mass is 498 g/mol. The van der Waals surface area contributed by atoms with Crippen molar-refractivity contribution < 1.29 is 27.9 Å². The molecule has 0 amide bonds. The largest absolute Gasteiger partial charge is 0.465 e. The number of aromatic nitrogens is 2. The second kappa shape index (κ2) is 9.01. The van der Waals surface area contributed by atoms with Crippen molar-refractivity contribution in [1.29, 1.82) is 5.26 Å². The molecular weight excluding hydrogens is 480 g/mol. The van der Waals surface area contributed by atoms with Gasteiger partial charge in [-0.2, -0.15) is 10.2 Å². The van der Waals surface area contributed by atoms with Gasteiger partial charge in [-0.15, -0.1) is 0 Å². The summed E-state index contributed by atoms with van der Waals surface area (Å²) in [4.78, 5) is 40.8. The summed E-state index contributed by atoms with van der Waals surface area (Å²) in [5.74, 6) is -1.65. The van der Waals surface area contributed by atoms with E-state index >= 15 is 0 Å². The number of nitriles is 1. The van der Waals surface area contributed by atoms with E-state index in [0.717, 1.165) is 0 Å². The summed E-state index contributed by atoms with van der Waals surface area (Å²) in [7, 11) is 2.56. The summed E-state index contributed by atoms with van der Waals surface area (Å²) in [6.45, 7) is 0. The highest BCUT2D eigenvalue weighted by Crippen LogP contribution is 2.37. The molecule has 5 rings (SSSR count). The van der Waals surface area contributed by atoms with Crippen molar-refractivity contribution in [3.8, 4) is 12.0 Å². The average Bonchev–Trinajstić information content (AvgIpc) is 3.46. The van der Waals surface area contributed by atoms with Crippen LogP contribution in [-0.4, -0.2) is 35.7 Å². The van der Waals surface area contributed by atoms with E-state index in [-0.39, 0.29) is 28.4 Å². The first kappa shape index (κ1) is 23.4. The van der Waals surface area contributed by atoms with Crippen LogP contribution in [0.1, 0.15) is 43.5 Å². The van der Waals surface area contributed by atoms with Crippen LogP contribution in [0, 0.1) is 11.3 Å². The molecule has 1 aliphatic heterocycles. The topological polar surface area (TPSA) is 164 Å². The number of anilines is 1. The molecule has 0 radical (unpaired) electrons. The number of nitrogens with zero attached hydrogens (tertiary/aromatic N) is 3. The molecule has 2 aromatic carbocycles. The zero-order valence-electron chi connectivity index (χ0n) is 19.6. The lowest BCUT2D eigenvalue weighted by molar-refractivity contribution is 0.0592. The maximum absolute atomic E-state index is 12.9. The molecule has 184 valence electrons. The van der Waals surface area contributed by atoms with Crippen LogP contribution < -0.4 is 22.3 Å². The van der Waals surface area contributed by atoms with Gasteiger partial charge in [-0.1, -0.05) is 24.3 Å². The van der Waals surface area contributed by atoms with Crippen molar-refractivity contribution in [2.24, 2.45) is 0 Å². The van der Waals surface area contributed by atoms with Crippen LogP contribution in [0.5, 0.6) is 0 Å². The van der Waals surface area contributed by atoms with Crippen LogP contribution in [-0.2, 0) is 9.47 Å². The van der Waals surface area contributed by atoms with Crippen LogP contribution in [0.2, 0.25) is 0 Å². The van der Waals surface area contributed by atoms with Gasteiger partial charge < -0.3 is 24.0 Å². The maximum atomic E-state index is 12.9. The van der Waals surface area contributed by atoms with Crippen LogP contribution in [0.3, 0.4) is 0 Å². The standard InChI is InChI=1S/C26H18N4O7/c1-34-23(31)15-5-3-13(4-6-15)11-18-25(33)36-21-17(12-27)19(20-22(30(18)21)37-26(28)29-20)14-7-9-16(10-8-14)24(32)35-2/h3-11,19H,1-2H3,(H2,28,29)/b18-11+. The lowest BCUT2D eigenvalue weighted by atomic mass is 9.87. The first-order valence-electron chi connectivity index (χ1n) is 10.9. The van der Waals surface area contributed by atoms with Crippen LogP contribution in [0.15, 0.2) is 62.2 Å². The highest BCUT2D eigenvalue weighted by Gasteiger charge is 2.36. The summed E-state index contributed by atoms with van der Waals surface area (Å²) in [5, 5.41) is 10.2. The van der Waals surface area contributed by atoms with Gasteiger partial charge in [0.15, 0.2) is 0 Å². The minimum Gasteiger partial charge on any atom is -0.465 e. The van der Waals surface area contributed by atoms with Crippen molar-refractivity contribution in [2.45, 2.75) is 5.92 Å². The fraction of sp³-hybridized carbons (Fsp3) is 0.115. The number of ether oxygens (including phenoxy) is 2. The van der Waals surface area contributed by atoms with Crippen LogP contribution in [0.4, 0.5) is 6.01 Å². The number of nitrogen functional groups attached to an aromatic ring is 1. The number of hydrogen-bond acceptors (Lipinski definition) is 10. The Morgan fingerprint density at radius 3 is 2.19 bits per heavy atom. The Balaban J connectivity index is 1.73. The Labute approximate surface area is 208 Å². The van der Waals surface area contributed by atoms with E-state index in [1.807, 2.05) is 0 Å². The number of carbonyl (C=O) groups is 2. The van der Waals surface area contributed by atoms with E-state index in [4.69, 9.17) is 24.0 Å². The third kappa shape index (κ3) is 3.86. The second-order valence-corrected chi connectivity index (χ2v) is 7.99. The summed E-state index contributed by atoms with van der Waals surface area (Å²) in [6.07, 6.45) is 1.53. The molecule has 4 aromatic rings. The molecule has 0 saturated carbocycles. The fourth-order valence-corrected chi connectivity index (χ4v) is 4.19. The zero-order chi connectivity index (χ0) is 26.3. The minimum absolute atomic E-state index is 0.0318. The summed E-state index contributed by atoms with van der Waals surface area (Å²) in [5.41, 5.74) is 7.37. The van der Waals surface area contributed by atoms with Gasteiger partial charge in [-0.25, -0.2) is 19.0 Å². The number of carbonyl (C=O) groups excluding carboxylic acids is 2. The second-order valence-electron chi connectivity index (χ2n) is 7.99. The molecule has 3 heterocycles. The molecule has 0 aliphatic carbocycles. The number of hydrogen-bond donors (Lipinski definition) is 1. The molecule has 1 atom stereocenters. The molecule has 2 N–H and O–H groups in total. The van der Waals surface area contributed by atoms with Gasteiger partial charge in [-0.05, 0) is 41.5 Å². The third-order valence-electron chi connectivity index (χ3n) is 5.91. The minimum atomic E-state index is -0.773. The average molecular weight is 498 g/mol. The van der Waals surface area contributed by atoms with Crippen LogP contribution >= 0.6 is 0 Å². The number of benzene rings is 2. The first-order valence-corrected chi connectivity index (χ1v) is 10.9. The molecular formula is C26H18N4O7. The molecule has 37 heavy (non-hydrogen) atoms. The zero-order valence-corrected chi connectivity index (χ0v) is 19.6. The molecule has 1 aliphatic rings. The highest BCUT2D eigenvalue weighted by molar-refractivity contribution is 5.90. The van der Waals surface area contributed by atoms with Crippen molar-refractivity contribution >= 4 is 29.6 Å². The van der Waals surface area contributed by atoms with Gasteiger partial charge in [0.25, 0.3) is 6.01 Å². The molecule has 11 nitrogen and oxygen atoms in total. The number of nitrogens with two attached hydrogens (primary N) is 1. The van der Waals surface area contributed by atoms with E-state index in [1.165, 1.54) is 24.9 Å². The normalized spacial score (nSPS) is 14.5. The number of fused-ring (bicyclic) bond motifs is 3. The van der Waals surface area contributed by atoms with Crippen molar-refractivity contribution in [3.63, 3.8) is 0 Å². The highest BCUT2D eigenvalue weighted by atomic mass is 16.5. The number of oxazole rings is 2. The lowest BCUT2D eigenvalue weighted by Gasteiger charge is -2.19. The Bertz CT molecular complexity index is 1770. The smallest absolute Gasteiger partial charge is 0.362 e. The molecule has 11 heteroatoms. The Morgan fingerprint density at radius 1 is 1.03 bits per heavy atom. The Kier molecular flexibility index (Phi) is 5.69. The molecule has 0 bridgehead atoms. The van der Waals surface area contributed by atoms with Crippen LogP contribution in [0.25, 0.3) is 17.5 Å². The molecule has 0 fully saturated rings. The van der Waals surface area contributed by atoms with Gasteiger partial charge in [0, 0.05) is 0 Å². The van der Waals surface area contributed by atoms with E-state index in [1.54, 1.807) is 48.5 Å². The van der Waals surface area contributed by atoms with E-state index in [0.29, 0.717) is 27.9 Å². The van der Waals surface area contributed by atoms with Crippen molar-refractivity contribution in [2.75, 3.05) is 20.0 Å². The number of rotatable bonds is 4. The third-order valence-corrected chi connectivity index (χ3v) is 5.91. The van der Waals surface area contributed by atoms with E-state index < -0.39 is 23.5 Å². The van der Waals surface area contributed by atoms with E-state index in [9.17, 15) is 19.6 Å². The molecule has 0 saturated heterocycles. The van der Waals surface area contributed by atoms with Gasteiger partial charge in [0.05, 0.1) is 31.3 Å². The summed E-state index contributed by atoms with van der Waals surface area (Å²) in [6, 6.07) is 14.7.